The maximum absolute atomic E-state index is 13.6. The molecule has 2 rings (SSSR count). The Bertz CT molecular complexity index is 643. The maximum Gasteiger partial charge on any atom is 0.259 e. The average molecular weight is 276 g/mol. The van der Waals surface area contributed by atoms with Gasteiger partial charge in [0.15, 0.2) is 5.82 Å². The zero-order chi connectivity index (χ0) is 14.9. The van der Waals surface area contributed by atoms with E-state index >= 15 is 0 Å². The quantitative estimate of drug-likeness (QED) is 0.737. The van der Waals surface area contributed by atoms with Gasteiger partial charge in [0.05, 0.1) is 5.56 Å². The first-order valence-electron chi connectivity index (χ1n) is 6.19. The monoisotopic (exact) mass is 276 g/mol. The highest BCUT2D eigenvalue weighted by molar-refractivity contribution is 6.04. The fourth-order valence-corrected chi connectivity index (χ4v) is 1.67. The molecule has 1 amide bonds. The van der Waals surface area contributed by atoms with Crippen molar-refractivity contribution in [3.05, 3.63) is 41.3 Å². The van der Waals surface area contributed by atoms with Gasteiger partial charge in [0.25, 0.3) is 5.91 Å². The summed E-state index contributed by atoms with van der Waals surface area (Å²) in [5.74, 6) is -0.861. The number of nitrogens with two attached hydrogens (primary N) is 1. The number of nitrogens with zero attached hydrogens (tertiary/aromatic N) is 1. The van der Waals surface area contributed by atoms with E-state index in [9.17, 15) is 9.18 Å². The molecule has 5 nitrogen and oxygen atoms in total. The molecule has 2 aromatic rings. The van der Waals surface area contributed by atoms with Crippen molar-refractivity contribution in [2.45, 2.75) is 26.2 Å². The van der Waals surface area contributed by atoms with Gasteiger partial charge < -0.3 is 11.1 Å². The van der Waals surface area contributed by atoms with Crippen LogP contribution in [0.15, 0.2) is 24.3 Å². The molecule has 0 aliphatic carbocycles. The number of aromatic amines is 1. The van der Waals surface area contributed by atoms with Crippen LogP contribution in [0, 0.1) is 5.82 Å². The fourth-order valence-electron chi connectivity index (χ4n) is 1.67. The van der Waals surface area contributed by atoms with E-state index in [0.717, 1.165) is 11.8 Å². The summed E-state index contributed by atoms with van der Waals surface area (Å²) in [4.78, 5) is 12.0. The van der Waals surface area contributed by atoms with Gasteiger partial charge in [-0.2, -0.15) is 5.10 Å². The van der Waals surface area contributed by atoms with Gasteiger partial charge in [0.1, 0.15) is 5.82 Å². The first-order chi connectivity index (χ1) is 9.27. The number of anilines is 2. The van der Waals surface area contributed by atoms with E-state index in [4.69, 9.17) is 5.73 Å². The lowest BCUT2D eigenvalue weighted by Gasteiger charge is -2.14. The molecule has 4 N–H and O–H groups in total. The van der Waals surface area contributed by atoms with Crippen LogP contribution in [0.5, 0.6) is 0 Å². The van der Waals surface area contributed by atoms with Crippen LogP contribution >= 0.6 is 0 Å². The van der Waals surface area contributed by atoms with Crippen molar-refractivity contribution < 1.29 is 9.18 Å². The number of halogens is 1. The van der Waals surface area contributed by atoms with Gasteiger partial charge in [0, 0.05) is 22.9 Å². The van der Waals surface area contributed by atoms with Gasteiger partial charge >= 0.3 is 0 Å². The Hall–Kier alpha value is -2.37. The summed E-state index contributed by atoms with van der Waals surface area (Å²) >= 11 is 0. The second-order valence-corrected chi connectivity index (χ2v) is 5.61. The third-order valence-electron chi connectivity index (χ3n) is 2.87. The van der Waals surface area contributed by atoms with E-state index in [-0.39, 0.29) is 16.7 Å². The van der Waals surface area contributed by atoms with Crippen LogP contribution in [0.4, 0.5) is 15.9 Å². The first-order valence-corrected chi connectivity index (χ1v) is 6.19. The summed E-state index contributed by atoms with van der Waals surface area (Å²) < 4.78 is 13.6. The van der Waals surface area contributed by atoms with E-state index < -0.39 is 11.7 Å². The zero-order valence-corrected chi connectivity index (χ0v) is 11.6. The third kappa shape index (κ3) is 2.96. The van der Waals surface area contributed by atoms with Crippen molar-refractivity contribution in [1.82, 2.24) is 10.2 Å². The van der Waals surface area contributed by atoms with Crippen LogP contribution in [0.25, 0.3) is 0 Å². The lowest BCUT2D eigenvalue weighted by molar-refractivity contribution is 0.102. The summed E-state index contributed by atoms with van der Waals surface area (Å²) in [6.07, 6.45) is 0. The molecule has 6 heteroatoms. The number of benzene rings is 1. The topological polar surface area (TPSA) is 83.8 Å². The molecule has 1 heterocycles. The lowest BCUT2D eigenvalue weighted by atomic mass is 9.92. The van der Waals surface area contributed by atoms with Crippen LogP contribution < -0.4 is 11.1 Å². The fraction of sp³-hybridized carbons (Fsp3) is 0.286. The second kappa shape index (κ2) is 4.96. The summed E-state index contributed by atoms with van der Waals surface area (Å²) in [6.45, 7) is 6.06. The molecule has 0 radical (unpaired) electrons. The molecular formula is C14H17FN4O. The number of hydrogen-bond acceptors (Lipinski definition) is 3. The Labute approximate surface area is 116 Å². The minimum Gasteiger partial charge on any atom is -0.399 e. The smallest absolute Gasteiger partial charge is 0.259 e. The van der Waals surface area contributed by atoms with E-state index in [1.165, 1.54) is 12.1 Å². The summed E-state index contributed by atoms with van der Waals surface area (Å²) in [6, 6.07) is 5.66. The third-order valence-corrected chi connectivity index (χ3v) is 2.87. The van der Waals surface area contributed by atoms with Crippen molar-refractivity contribution in [2.75, 3.05) is 11.1 Å². The highest BCUT2D eigenvalue weighted by Crippen LogP contribution is 2.22. The predicted molar refractivity (Wildman–Crippen MR) is 76.1 cm³/mol. The standard InChI is InChI=1S/C14H17FN4O/c1-14(2,3)11-7-12(19-18-11)17-13(20)9-5-4-8(16)6-10(9)15/h4-7H,16H2,1-3H3,(H2,17,18,19,20). The maximum atomic E-state index is 13.6. The molecule has 0 bridgehead atoms. The number of H-pyrrole nitrogens is 1. The molecule has 0 aliphatic heterocycles. The van der Waals surface area contributed by atoms with E-state index in [0.29, 0.717) is 5.82 Å². The molecule has 0 spiro atoms. The number of amides is 1. The molecule has 106 valence electrons. The summed E-state index contributed by atoms with van der Waals surface area (Å²) in [5, 5.41) is 9.39. The van der Waals surface area contributed by atoms with Crippen LogP contribution in [-0.2, 0) is 5.41 Å². The minimum absolute atomic E-state index is 0.0699. The molecular weight excluding hydrogens is 259 g/mol. The van der Waals surface area contributed by atoms with Gasteiger partial charge in [-0.1, -0.05) is 20.8 Å². The second-order valence-electron chi connectivity index (χ2n) is 5.61. The van der Waals surface area contributed by atoms with Crippen LogP contribution in [-0.4, -0.2) is 16.1 Å². The van der Waals surface area contributed by atoms with E-state index in [1.54, 1.807) is 6.07 Å². The Balaban J connectivity index is 2.17. The molecule has 0 saturated carbocycles. The number of carbonyl (C=O) groups is 1. The van der Waals surface area contributed by atoms with Crippen LogP contribution in [0.1, 0.15) is 36.8 Å². The number of aromatic nitrogens is 2. The number of rotatable bonds is 2. The average Bonchev–Trinajstić information content (AvgIpc) is 2.76. The molecule has 1 aromatic carbocycles. The zero-order valence-electron chi connectivity index (χ0n) is 11.6. The van der Waals surface area contributed by atoms with Gasteiger partial charge in [-0.25, -0.2) is 4.39 Å². The Kier molecular flexibility index (Phi) is 3.48. The normalized spacial score (nSPS) is 11.4. The number of nitrogen functional groups attached to an aromatic ring is 1. The van der Waals surface area contributed by atoms with Crippen LogP contribution in [0.3, 0.4) is 0 Å². The van der Waals surface area contributed by atoms with Gasteiger partial charge in [-0.15, -0.1) is 0 Å². The Morgan fingerprint density at radius 3 is 2.60 bits per heavy atom. The van der Waals surface area contributed by atoms with Gasteiger partial charge in [0.2, 0.25) is 0 Å². The van der Waals surface area contributed by atoms with Gasteiger partial charge in [-0.05, 0) is 18.2 Å². The molecule has 1 aromatic heterocycles. The molecule has 0 atom stereocenters. The largest absolute Gasteiger partial charge is 0.399 e. The molecule has 0 saturated heterocycles. The lowest BCUT2D eigenvalue weighted by Crippen LogP contribution is -2.14. The molecule has 0 fully saturated rings. The number of carbonyl (C=O) groups excluding carboxylic acids is 1. The number of nitrogens with one attached hydrogen (secondary N) is 2. The summed E-state index contributed by atoms with van der Waals surface area (Å²) in [7, 11) is 0. The van der Waals surface area contributed by atoms with Crippen molar-refractivity contribution in [2.24, 2.45) is 0 Å². The van der Waals surface area contributed by atoms with Crippen LogP contribution in [0.2, 0.25) is 0 Å². The SMILES string of the molecule is CC(C)(C)c1cc(NC(=O)c2ccc(N)cc2F)n[nH]1. The molecule has 20 heavy (non-hydrogen) atoms. The minimum atomic E-state index is -0.658. The molecule has 0 aliphatic rings. The highest BCUT2D eigenvalue weighted by atomic mass is 19.1. The van der Waals surface area contributed by atoms with Crippen molar-refractivity contribution >= 4 is 17.4 Å². The predicted octanol–water partition coefficient (Wildman–Crippen LogP) is 2.68. The highest BCUT2D eigenvalue weighted by Gasteiger charge is 2.18. The summed E-state index contributed by atoms with van der Waals surface area (Å²) in [5.41, 5.74) is 6.42. The van der Waals surface area contributed by atoms with E-state index in [1.807, 2.05) is 20.8 Å². The van der Waals surface area contributed by atoms with E-state index in [2.05, 4.69) is 15.5 Å². The molecule has 0 unspecified atom stereocenters. The van der Waals surface area contributed by atoms with Crippen molar-refractivity contribution in [1.29, 1.82) is 0 Å². The van der Waals surface area contributed by atoms with Crippen molar-refractivity contribution in [3.8, 4) is 0 Å². The van der Waals surface area contributed by atoms with Gasteiger partial charge in [-0.3, -0.25) is 9.89 Å². The Morgan fingerprint density at radius 2 is 2.05 bits per heavy atom. The first kappa shape index (κ1) is 14.0. The number of hydrogen-bond donors (Lipinski definition) is 3. The van der Waals surface area contributed by atoms with Crippen molar-refractivity contribution in [3.63, 3.8) is 0 Å². The Morgan fingerprint density at radius 1 is 1.35 bits per heavy atom.